The fourth-order valence-electron chi connectivity index (χ4n) is 2.57. The molecule has 0 fully saturated rings. The molecule has 1 aliphatic heterocycles. The van der Waals surface area contributed by atoms with Crippen LogP contribution in [0.15, 0.2) is 47.5 Å². The lowest BCUT2D eigenvalue weighted by Gasteiger charge is -2.08. The van der Waals surface area contributed by atoms with Gasteiger partial charge in [0.15, 0.2) is 5.78 Å². The first-order valence-corrected chi connectivity index (χ1v) is 7.50. The molecule has 0 aromatic heterocycles. The number of rotatable bonds is 3. The van der Waals surface area contributed by atoms with E-state index >= 15 is 0 Å². The quantitative estimate of drug-likeness (QED) is 0.806. The summed E-state index contributed by atoms with van der Waals surface area (Å²) in [4.78, 5) is 17.0. The standard InChI is InChI=1S/C19H18FNO2/c1-12-10-13(17(22)15-6-4-5-7-16(15)20)8-9-14(12)18-21-19(2,3)11-23-18/h4-10H,11H2,1-3H3. The van der Waals surface area contributed by atoms with Gasteiger partial charge in [0.1, 0.15) is 12.4 Å². The number of carbonyl (C=O) groups excluding carboxylic acids is 1. The monoisotopic (exact) mass is 311 g/mol. The second kappa shape index (κ2) is 5.61. The summed E-state index contributed by atoms with van der Waals surface area (Å²) < 4.78 is 19.4. The number of ketones is 1. The highest BCUT2D eigenvalue weighted by molar-refractivity contribution is 6.10. The first kappa shape index (κ1) is 15.4. The lowest BCUT2D eigenvalue weighted by atomic mass is 9.98. The van der Waals surface area contributed by atoms with Crippen LogP contribution >= 0.6 is 0 Å². The van der Waals surface area contributed by atoms with E-state index < -0.39 is 5.82 Å². The molecule has 0 atom stereocenters. The molecule has 0 saturated carbocycles. The Balaban J connectivity index is 1.94. The van der Waals surface area contributed by atoms with Crippen LogP contribution in [0, 0.1) is 12.7 Å². The molecule has 3 nitrogen and oxygen atoms in total. The highest BCUT2D eigenvalue weighted by Gasteiger charge is 2.28. The van der Waals surface area contributed by atoms with Gasteiger partial charge in [-0.2, -0.15) is 0 Å². The van der Waals surface area contributed by atoms with Gasteiger partial charge in [-0.25, -0.2) is 9.38 Å². The Hall–Kier alpha value is -2.49. The van der Waals surface area contributed by atoms with E-state index in [4.69, 9.17) is 4.74 Å². The molecule has 3 rings (SSSR count). The number of halogens is 1. The molecule has 0 spiro atoms. The number of aryl methyl sites for hydroxylation is 1. The lowest BCUT2D eigenvalue weighted by molar-refractivity contribution is 0.103. The van der Waals surface area contributed by atoms with E-state index in [1.807, 2.05) is 26.8 Å². The van der Waals surface area contributed by atoms with Crippen LogP contribution in [0.25, 0.3) is 0 Å². The molecule has 2 aromatic carbocycles. The first-order valence-electron chi connectivity index (χ1n) is 7.50. The molecule has 1 aliphatic rings. The van der Waals surface area contributed by atoms with Crippen LogP contribution in [-0.2, 0) is 4.74 Å². The van der Waals surface area contributed by atoms with Gasteiger partial charge >= 0.3 is 0 Å². The van der Waals surface area contributed by atoms with Crippen molar-refractivity contribution in [1.29, 1.82) is 0 Å². The minimum Gasteiger partial charge on any atom is -0.475 e. The van der Waals surface area contributed by atoms with Crippen LogP contribution < -0.4 is 0 Å². The molecule has 0 saturated heterocycles. The molecule has 0 bridgehead atoms. The van der Waals surface area contributed by atoms with E-state index in [9.17, 15) is 9.18 Å². The summed E-state index contributed by atoms with van der Waals surface area (Å²) in [5.74, 6) is -0.241. The number of hydrogen-bond donors (Lipinski definition) is 0. The zero-order valence-corrected chi connectivity index (χ0v) is 13.4. The van der Waals surface area contributed by atoms with Crippen LogP contribution in [0.2, 0.25) is 0 Å². The summed E-state index contributed by atoms with van der Waals surface area (Å²) in [5, 5.41) is 0. The van der Waals surface area contributed by atoms with Gasteiger partial charge < -0.3 is 4.74 Å². The van der Waals surface area contributed by atoms with E-state index in [-0.39, 0.29) is 16.9 Å². The molecule has 0 amide bonds. The molecule has 2 aromatic rings. The number of carbonyl (C=O) groups is 1. The van der Waals surface area contributed by atoms with Crippen molar-refractivity contribution in [3.63, 3.8) is 0 Å². The molecule has 0 N–H and O–H groups in total. The van der Waals surface area contributed by atoms with Crippen molar-refractivity contribution in [1.82, 2.24) is 0 Å². The van der Waals surface area contributed by atoms with Crippen LogP contribution in [0.1, 0.15) is 40.9 Å². The minimum absolute atomic E-state index is 0.0789. The largest absolute Gasteiger partial charge is 0.475 e. The Morgan fingerprint density at radius 1 is 1.22 bits per heavy atom. The fraction of sp³-hybridized carbons (Fsp3) is 0.263. The van der Waals surface area contributed by atoms with Gasteiger partial charge in [0.05, 0.1) is 11.1 Å². The third-order valence-corrected chi connectivity index (χ3v) is 3.80. The summed E-state index contributed by atoms with van der Waals surface area (Å²) in [7, 11) is 0. The van der Waals surface area contributed by atoms with Crippen LogP contribution in [0.3, 0.4) is 0 Å². The average Bonchev–Trinajstić information content (AvgIpc) is 2.87. The summed E-state index contributed by atoms with van der Waals surface area (Å²) >= 11 is 0. The molecule has 0 aliphatic carbocycles. The maximum atomic E-state index is 13.8. The van der Waals surface area contributed by atoms with Crippen LogP contribution in [-0.4, -0.2) is 23.8 Å². The molecule has 23 heavy (non-hydrogen) atoms. The first-order chi connectivity index (χ1) is 10.9. The summed E-state index contributed by atoms with van der Waals surface area (Å²) in [5.41, 5.74) is 2.04. The zero-order chi connectivity index (χ0) is 16.6. The van der Waals surface area contributed by atoms with Gasteiger partial charge in [-0.1, -0.05) is 18.2 Å². The van der Waals surface area contributed by atoms with Crippen molar-refractivity contribution >= 4 is 11.7 Å². The van der Waals surface area contributed by atoms with Crippen LogP contribution in [0.4, 0.5) is 4.39 Å². The van der Waals surface area contributed by atoms with E-state index in [1.54, 1.807) is 24.3 Å². The third kappa shape index (κ3) is 3.02. The second-order valence-corrected chi connectivity index (χ2v) is 6.36. The van der Waals surface area contributed by atoms with Crippen molar-refractivity contribution in [3.8, 4) is 0 Å². The van der Waals surface area contributed by atoms with E-state index in [2.05, 4.69) is 4.99 Å². The molecular formula is C19H18FNO2. The maximum Gasteiger partial charge on any atom is 0.217 e. The number of ether oxygens (including phenoxy) is 1. The molecular weight excluding hydrogens is 293 g/mol. The van der Waals surface area contributed by atoms with E-state index in [0.717, 1.165) is 11.1 Å². The predicted molar refractivity (Wildman–Crippen MR) is 87.6 cm³/mol. The molecule has 0 radical (unpaired) electrons. The molecule has 0 unspecified atom stereocenters. The predicted octanol–water partition coefficient (Wildman–Crippen LogP) is 3.92. The van der Waals surface area contributed by atoms with E-state index in [0.29, 0.717) is 18.1 Å². The average molecular weight is 311 g/mol. The highest BCUT2D eigenvalue weighted by Crippen LogP contribution is 2.24. The van der Waals surface area contributed by atoms with Crippen molar-refractivity contribution in [3.05, 3.63) is 70.5 Å². The van der Waals surface area contributed by atoms with Crippen molar-refractivity contribution in [2.75, 3.05) is 6.61 Å². The Bertz CT molecular complexity index is 809. The molecule has 118 valence electrons. The minimum atomic E-state index is -0.510. The van der Waals surface area contributed by atoms with Gasteiger partial charge in [-0.15, -0.1) is 0 Å². The van der Waals surface area contributed by atoms with Gasteiger partial charge in [-0.3, -0.25) is 4.79 Å². The number of aliphatic imine (C=N–C) groups is 1. The zero-order valence-electron chi connectivity index (χ0n) is 13.4. The normalized spacial score (nSPS) is 15.9. The van der Waals surface area contributed by atoms with Crippen molar-refractivity contribution in [2.45, 2.75) is 26.3 Å². The number of benzene rings is 2. The third-order valence-electron chi connectivity index (χ3n) is 3.80. The lowest BCUT2D eigenvalue weighted by Crippen LogP contribution is -2.17. The van der Waals surface area contributed by atoms with Gasteiger partial charge in [0.25, 0.3) is 0 Å². The SMILES string of the molecule is Cc1cc(C(=O)c2ccccc2F)ccc1C1=NC(C)(C)CO1. The maximum absolute atomic E-state index is 13.8. The fourth-order valence-corrected chi connectivity index (χ4v) is 2.57. The van der Waals surface area contributed by atoms with Crippen molar-refractivity contribution < 1.29 is 13.9 Å². The number of hydrogen-bond acceptors (Lipinski definition) is 3. The number of nitrogens with zero attached hydrogens (tertiary/aromatic N) is 1. The summed E-state index contributed by atoms with van der Waals surface area (Å²) in [6, 6.07) is 11.3. The summed E-state index contributed by atoms with van der Waals surface area (Å²) in [6.07, 6.45) is 0. The highest BCUT2D eigenvalue weighted by atomic mass is 19.1. The van der Waals surface area contributed by atoms with Crippen LogP contribution in [0.5, 0.6) is 0 Å². The van der Waals surface area contributed by atoms with E-state index in [1.165, 1.54) is 12.1 Å². The van der Waals surface area contributed by atoms with Gasteiger partial charge in [0.2, 0.25) is 5.90 Å². The Kier molecular flexibility index (Phi) is 3.76. The molecule has 1 heterocycles. The molecule has 4 heteroatoms. The van der Waals surface area contributed by atoms with Crippen molar-refractivity contribution in [2.24, 2.45) is 4.99 Å². The topological polar surface area (TPSA) is 38.7 Å². The Morgan fingerprint density at radius 3 is 2.57 bits per heavy atom. The van der Waals surface area contributed by atoms with Gasteiger partial charge in [-0.05, 0) is 50.6 Å². The Labute approximate surface area is 134 Å². The Morgan fingerprint density at radius 2 is 1.96 bits per heavy atom. The second-order valence-electron chi connectivity index (χ2n) is 6.36. The smallest absolute Gasteiger partial charge is 0.217 e. The summed E-state index contributed by atoms with van der Waals surface area (Å²) in [6.45, 7) is 6.44. The van der Waals surface area contributed by atoms with Gasteiger partial charge in [0, 0.05) is 11.1 Å².